The number of rotatable bonds is 5. The van der Waals surface area contributed by atoms with E-state index in [1.807, 2.05) is 0 Å². The van der Waals surface area contributed by atoms with Crippen LogP contribution in [-0.4, -0.2) is 33.2 Å². The number of halogens is 2. The first-order chi connectivity index (χ1) is 11.9. The normalized spacial score (nSPS) is 10.1. The highest BCUT2D eigenvalue weighted by Crippen LogP contribution is 2.34. The summed E-state index contributed by atoms with van der Waals surface area (Å²) in [5, 5.41) is 3.20. The Bertz CT molecular complexity index is 823. The number of amides is 1. The van der Waals surface area contributed by atoms with Crippen molar-refractivity contribution in [1.82, 2.24) is 0 Å². The Kier molecular flexibility index (Phi) is 6.12. The number of anilines is 1. The Morgan fingerprint density at radius 1 is 0.920 bits per heavy atom. The average molecular weight is 384 g/mol. The second-order valence-electron chi connectivity index (χ2n) is 4.82. The van der Waals surface area contributed by atoms with Crippen molar-refractivity contribution < 1.29 is 23.8 Å². The molecule has 2 rings (SSSR count). The molecule has 0 radical (unpaired) electrons. The molecule has 0 atom stereocenters. The van der Waals surface area contributed by atoms with Gasteiger partial charge in [0.25, 0.3) is 5.91 Å². The molecule has 0 unspecified atom stereocenters. The van der Waals surface area contributed by atoms with Gasteiger partial charge in [-0.05, 0) is 18.2 Å². The number of hydrogen-bond donors (Lipinski definition) is 1. The van der Waals surface area contributed by atoms with Gasteiger partial charge >= 0.3 is 5.97 Å². The van der Waals surface area contributed by atoms with Crippen LogP contribution < -0.4 is 14.8 Å². The molecule has 1 N–H and O–H groups in total. The van der Waals surface area contributed by atoms with Gasteiger partial charge in [0, 0.05) is 17.2 Å². The lowest BCUT2D eigenvalue weighted by Gasteiger charge is -2.15. The van der Waals surface area contributed by atoms with E-state index in [-0.39, 0.29) is 21.8 Å². The number of carbonyl (C=O) groups is 2. The largest absolute Gasteiger partial charge is 0.493 e. The van der Waals surface area contributed by atoms with Crippen molar-refractivity contribution in [3.8, 4) is 11.5 Å². The minimum absolute atomic E-state index is 0.103. The molecule has 0 spiro atoms. The maximum Gasteiger partial charge on any atom is 0.340 e. The summed E-state index contributed by atoms with van der Waals surface area (Å²) in [6.07, 6.45) is 0. The van der Waals surface area contributed by atoms with Crippen molar-refractivity contribution in [1.29, 1.82) is 0 Å². The minimum atomic E-state index is -0.645. The molecule has 25 heavy (non-hydrogen) atoms. The average Bonchev–Trinajstić information content (AvgIpc) is 2.62. The predicted octanol–water partition coefficient (Wildman–Crippen LogP) is 4.05. The van der Waals surface area contributed by atoms with Crippen molar-refractivity contribution in [2.24, 2.45) is 0 Å². The second-order valence-corrected chi connectivity index (χ2v) is 5.67. The van der Waals surface area contributed by atoms with Crippen LogP contribution in [0.25, 0.3) is 0 Å². The summed E-state index contributed by atoms with van der Waals surface area (Å²) in [6.45, 7) is 0. The molecule has 6 nitrogen and oxygen atoms in total. The first-order valence-electron chi connectivity index (χ1n) is 7.02. The first kappa shape index (κ1) is 18.9. The Morgan fingerprint density at radius 2 is 1.56 bits per heavy atom. The molecule has 0 aromatic heterocycles. The Balaban J connectivity index is 2.48. The second kappa shape index (κ2) is 8.09. The maximum absolute atomic E-state index is 12.5. The quantitative estimate of drug-likeness (QED) is 0.788. The topological polar surface area (TPSA) is 73.9 Å². The molecule has 0 saturated heterocycles. The van der Waals surface area contributed by atoms with Gasteiger partial charge in [-0.25, -0.2) is 4.79 Å². The molecule has 0 bridgehead atoms. The third kappa shape index (κ3) is 4.15. The number of methoxy groups -OCH3 is 3. The maximum atomic E-state index is 12.5. The number of hydrogen-bond acceptors (Lipinski definition) is 5. The molecular weight excluding hydrogens is 369 g/mol. The van der Waals surface area contributed by atoms with Crippen molar-refractivity contribution >= 4 is 40.8 Å². The van der Waals surface area contributed by atoms with Crippen LogP contribution in [-0.2, 0) is 4.74 Å². The fraction of sp³-hybridized carbons (Fsp3) is 0.176. The number of ether oxygens (including phenoxy) is 3. The zero-order valence-corrected chi connectivity index (χ0v) is 15.2. The summed E-state index contributed by atoms with van der Waals surface area (Å²) in [6, 6.07) is 7.38. The Hall–Kier alpha value is -2.44. The van der Waals surface area contributed by atoms with Crippen molar-refractivity contribution in [3.05, 3.63) is 51.5 Å². The van der Waals surface area contributed by atoms with Gasteiger partial charge in [0.2, 0.25) is 0 Å². The molecule has 0 fully saturated rings. The molecule has 0 aliphatic heterocycles. The summed E-state index contributed by atoms with van der Waals surface area (Å²) >= 11 is 11.9. The molecule has 2 aromatic rings. The summed E-state index contributed by atoms with van der Waals surface area (Å²) in [7, 11) is 4.11. The summed E-state index contributed by atoms with van der Waals surface area (Å²) in [5.74, 6) is -0.525. The highest BCUT2D eigenvalue weighted by atomic mass is 35.5. The van der Waals surface area contributed by atoms with Gasteiger partial charge in [0.1, 0.15) is 0 Å². The zero-order valence-electron chi connectivity index (χ0n) is 13.7. The lowest BCUT2D eigenvalue weighted by Crippen LogP contribution is -2.16. The number of benzene rings is 2. The Labute approximate surface area is 154 Å². The van der Waals surface area contributed by atoms with E-state index in [9.17, 15) is 9.59 Å². The van der Waals surface area contributed by atoms with Crippen molar-refractivity contribution in [2.45, 2.75) is 0 Å². The molecule has 2 aromatic carbocycles. The molecule has 0 saturated carbocycles. The minimum Gasteiger partial charge on any atom is -0.493 e. The van der Waals surface area contributed by atoms with Gasteiger partial charge in [-0.3, -0.25) is 4.79 Å². The van der Waals surface area contributed by atoms with E-state index in [0.717, 1.165) is 0 Å². The van der Waals surface area contributed by atoms with Crippen molar-refractivity contribution in [3.63, 3.8) is 0 Å². The summed E-state index contributed by atoms with van der Waals surface area (Å²) in [4.78, 5) is 24.6. The lowest BCUT2D eigenvalue weighted by atomic mass is 10.1. The SMILES string of the molecule is COC(=O)c1cc(OC)c(OC)cc1NC(=O)c1cc(Cl)ccc1Cl. The molecule has 8 heteroatoms. The van der Waals surface area contributed by atoms with Crippen LogP contribution in [0.4, 0.5) is 5.69 Å². The highest BCUT2D eigenvalue weighted by Gasteiger charge is 2.20. The fourth-order valence-electron chi connectivity index (χ4n) is 2.12. The third-order valence-electron chi connectivity index (χ3n) is 3.35. The van der Waals surface area contributed by atoms with E-state index in [1.54, 1.807) is 6.07 Å². The van der Waals surface area contributed by atoms with Crippen LogP contribution in [0.5, 0.6) is 11.5 Å². The van der Waals surface area contributed by atoms with Crippen LogP contribution >= 0.6 is 23.2 Å². The molecule has 0 aliphatic carbocycles. The van der Waals surface area contributed by atoms with E-state index >= 15 is 0 Å². The molecule has 0 aliphatic rings. The van der Waals surface area contributed by atoms with Gasteiger partial charge < -0.3 is 19.5 Å². The highest BCUT2D eigenvalue weighted by molar-refractivity contribution is 6.36. The standard InChI is InChI=1S/C17H15Cl2NO5/c1-23-14-7-11(17(22)25-3)13(8-15(14)24-2)20-16(21)10-6-9(18)4-5-12(10)19/h4-8H,1-3H3,(H,20,21). The van der Waals surface area contributed by atoms with E-state index in [1.165, 1.54) is 45.6 Å². The predicted molar refractivity (Wildman–Crippen MR) is 95.3 cm³/mol. The van der Waals surface area contributed by atoms with Crippen LogP contribution in [0.1, 0.15) is 20.7 Å². The number of carbonyl (C=O) groups excluding carboxylic acids is 2. The number of nitrogens with one attached hydrogen (secondary N) is 1. The third-order valence-corrected chi connectivity index (χ3v) is 3.91. The van der Waals surface area contributed by atoms with E-state index in [0.29, 0.717) is 16.5 Å². The van der Waals surface area contributed by atoms with Gasteiger partial charge in [0.05, 0.1) is 43.2 Å². The van der Waals surface area contributed by atoms with E-state index in [2.05, 4.69) is 5.32 Å². The molecule has 0 heterocycles. The lowest BCUT2D eigenvalue weighted by molar-refractivity contribution is 0.0601. The van der Waals surface area contributed by atoms with E-state index < -0.39 is 11.9 Å². The summed E-state index contributed by atoms with van der Waals surface area (Å²) in [5.41, 5.74) is 0.456. The van der Waals surface area contributed by atoms with Crippen LogP contribution in [0.3, 0.4) is 0 Å². The van der Waals surface area contributed by atoms with Gasteiger partial charge in [0.15, 0.2) is 11.5 Å². The smallest absolute Gasteiger partial charge is 0.340 e. The monoisotopic (exact) mass is 383 g/mol. The first-order valence-corrected chi connectivity index (χ1v) is 7.77. The molecule has 1 amide bonds. The molecular formula is C17H15Cl2NO5. The van der Waals surface area contributed by atoms with Gasteiger partial charge in [-0.2, -0.15) is 0 Å². The Morgan fingerprint density at radius 3 is 2.16 bits per heavy atom. The van der Waals surface area contributed by atoms with Crippen LogP contribution in [0.2, 0.25) is 10.0 Å². The number of esters is 1. The summed E-state index contributed by atoms with van der Waals surface area (Å²) < 4.78 is 15.1. The fourth-order valence-corrected chi connectivity index (χ4v) is 2.50. The van der Waals surface area contributed by atoms with Crippen LogP contribution in [0, 0.1) is 0 Å². The van der Waals surface area contributed by atoms with E-state index in [4.69, 9.17) is 37.4 Å². The zero-order chi connectivity index (χ0) is 18.6. The molecule has 132 valence electrons. The van der Waals surface area contributed by atoms with Gasteiger partial charge in [-0.15, -0.1) is 0 Å². The van der Waals surface area contributed by atoms with Crippen LogP contribution in [0.15, 0.2) is 30.3 Å². The van der Waals surface area contributed by atoms with Crippen molar-refractivity contribution in [2.75, 3.05) is 26.6 Å². The van der Waals surface area contributed by atoms with Gasteiger partial charge in [-0.1, -0.05) is 23.2 Å².